The topological polar surface area (TPSA) is 41.9 Å². The van der Waals surface area contributed by atoms with Gasteiger partial charge in [-0.1, -0.05) is 72.0 Å². The number of rotatable bonds is 13. The fourth-order valence-electron chi connectivity index (χ4n) is 2.82. The lowest BCUT2D eigenvalue weighted by Gasteiger charge is -2.27. The zero-order valence-electron chi connectivity index (χ0n) is 16.6. The van der Waals surface area contributed by atoms with Crippen molar-refractivity contribution in [1.82, 2.24) is 4.90 Å². The van der Waals surface area contributed by atoms with Gasteiger partial charge in [-0.25, -0.2) is 0 Å². The minimum absolute atomic E-state index is 0.497. The zero-order chi connectivity index (χ0) is 20.2. The summed E-state index contributed by atoms with van der Waals surface area (Å²) in [5.41, 5.74) is 0.0793. The number of benzene rings is 2. The summed E-state index contributed by atoms with van der Waals surface area (Å²) in [4.78, 5) is 2.26. The highest BCUT2D eigenvalue weighted by Gasteiger charge is 2.22. The van der Waals surface area contributed by atoms with Crippen LogP contribution in [0.5, 0.6) is 0 Å². The summed E-state index contributed by atoms with van der Waals surface area (Å²) in [6, 6.07) is 20.7. The van der Waals surface area contributed by atoms with Crippen molar-refractivity contribution >= 4 is 28.9 Å². The molecule has 28 heavy (non-hydrogen) atoms. The summed E-state index contributed by atoms with van der Waals surface area (Å²) < 4.78 is 11.3. The van der Waals surface area contributed by atoms with Crippen molar-refractivity contribution in [2.24, 2.45) is 0 Å². The summed E-state index contributed by atoms with van der Waals surface area (Å²) in [6.07, 6.45) is -0.513. The molecular weight excluding hydrogens is 409 g/mol. The van der Waals surface area contributed by atoms with Crippen LogP contribution >= 0.6 is 17.1 Å². The lowest BCUT2D eigenvalue weighted by molar-refractivity contribution is 0.121. The van der Waals surface area contributed by atoms with Crippen LogP contribution in [0, 0.1) is 0 Å². The molecule has 7 heteroatoms. The van der Waals surface area contributed by atoms with Gasteiger partial charge >= 0.3 is 0 Å². The van der Waals surface area contributed by atoms with Crippen molar-refractivity contribution in [3.05, 3.63) is 71.8 Å². The number of aliphatic hydroxyl groups excluding tert-OH is 1. The molecule has 1 N–H and O–H groups in total. The van der Waals surface area contributed by atoms with Crippen molar-refractivity contribution in [2.45, 2.75) is 33.0 Å². The Hall–Kier alpha value is -0.720. The van der Waals surface area contributed by atoms with Gasteiger partial charge in [0.15, 0.2) is 0 Å². The minimum atomic E-state index is -2.38. The first-order valence-electron chi connectivity index (χ1n) is 9.56. The van der Waals surface area contributed by atoms with Crippen LogP contribution < -0.4 is 0 Å². The molecule has 0 aliphatic heterocycles. The monoisotopic (exact) mass is 439 g/mol. The van der Waals surface area contributed by atoms with Gasteiger partial charge in [-0.2, -0.15) is 0 Å². The molecule has 0 aliphatic carbocycles. The third-order valence-corrected chi connectivity index (χ3v) is 9.57. The SMILES string of the molecule is CCOP(=S)(OCC)SCC(O)CN(Cc1ccccc1)Cc1ccccc1. The third kappa shape index (κ3) is 8.75. The summed E-state index contributed by atoms with van der Waals surface area (Å²) >= 11 is 6.99. The minimum Gasteiger partial charge on any atom is -0.391 e. The molecule has 2 aromatic carbocycles. The van der Waals surface area contributed by atoms with Crippen LogP contribution in [0.3, 0.4) is 0 Å². The Morgan fingerprint density at radius 2 is 1.39 bits per heavy atom. The van der Waals surface area contributed by atoms with Crippen molar-refractivity contribution < 1.29 is 14.2 Å². The van der Waals surface area contributed by atoms with E-state index in [1.165, 1.54) is 22.5 Å². The van der Waals surface area contributed by atoms with Crippen LogP contribution in [0.15, 0.2) is 60.7 Å². The Kier molecular flexibility index (Phi) is 10.7. The molecule has 0 saturated carbocycles. The molecule has 0 aliphatic rings. The lowest BCUT2D eigenvalue weighted by atomic mass is 10.1. The van der Waals surface area contributed by atoms with Gasteiger partial charge in [-0.15, -0.1) is 0 Å². The molecule has 1 unspecified atom stereocenters. The molecule has 0 aromatic heterocycles. The smallest absolute Gasteiger partial charge is 0.247 e. The second-order valence-corrected chi connectivity index (χ2v) is 12.7. The molecule has 4 nitrogen and oxygen atoms in total. The quantitative estimate of drug-likeness (QED) is 0.439. The first-order chi connectivity index (χ1) is 13.5. The molecule has 2 rings (SSSR count). The molecule has 0 saturated heterocycles. The number of nitrogens with zero attached hydrogens (tertiary/aromatic N) is 1. The van der Waals surface area contributed by atoms with Gasteiger partial charge in [0, 0.05) is 25.4 Å². The van der Waals surface area contributed by atoms with Gasteiger partial charge in [0.2, 0.25) is 5.69 Å². The first kappa shape index (κ1) is 23.6. The molecule has 0 fully saturated rings. The lowest BCUT2D eigenvalue weighted by Crippen LogP contribution is -2.33. The van der Waals surface area contributed by atoms with Crippen LogP contribution in [-0.2, 0) is 33.9 Å². The normalized spacial score (nSPS) is 13.0. The molecule has 0 spiro atoms. The third-order valence-electron chi connectivity index (χ3n) is 3.97. The Labute approximate surface area is 178 Å². The van der Waals surface area contributed by atoms with Crippen LogP contribution in [0.25, 0.3) is 0 Å². The fraction of sp³-hybridized carbons (Fsp3) is 0.429. The van der Waals surface area contributed by atoms with Crippen molar-refractivity contribution in [1.29, 1.82) is 0 Å². The molecule has 0 bridgehead atoms. The average molecular weight is 440 g/mol. The fourth-order valence-corrected chi connectivity index (χ4v) is 7.46. The van der Waals surface area contributed by atoms with E-state index in [1.807, 2.05) is 50.2 Å². The number of hydrogen-bond donors (Lipinski definition) is 1. The summed E-state index contributed by atoms with van der Waals surface area (Å²) in [6.45, 7) is 7.00. The maximum atomic E-state index is 10.7. The van der Waals surface area contributed by atoms with Crippen LogP contribution in [0.4, 0.5) is 0 Å². The molecular formula is C21H30NO3PS2. The highest BCUT2D eigenvalue weighted by molar-refractivity contribution is 8.67. The van der Waals surface area contributed by atoms with E-state index in [0.29, 0.717) is 25.5 Å². The highest BCUT2D eigenvalue weighted by Crippen LogP contribution is 2.60. The molecule has 0 radical (unpaired) electrons. The van der Waals surface area contributed by atoms with Gasteiger partial charge in [-0.05, 0) is 36.8 Å². The number of aliphatic hydroxyl groups is 1. The number of hydrogen-bond acceptors (Lipinski definition) is 6. The van der Waals surface area contributed by atoms with Crippen LogP contribution in [0.1, 0.15) is 25.0 Å². The van der Waals surface area contributed by atoms with Crippen LogP contribution in [0.2, 0.25) is 0 Å². The average Bonchev–Trinajstić information content (AvgIpc) is 2.68. The standard InChI is InChI=1S/C21H30NO3PS2/c1-3-24-26(27,25-4-2)28-18-21(23)17-22(15-19-11-7-5-8-12-19)16-20-13-9-6-10-14-20/h5-14,21,23H,3-4,15-18H2,1-2H3. The summed E-state index contributed by atoms with van der Waals surface area (Å²) in [5, 5.41) is 10.7. The van der Waals surface area contributed by atoms with E-state index in [2.05, 4.69) is 29.2 Å². The van der Waals surface area contributed by atoms with Crippen molar-refractivity contribution in [3.63, 3.8) is 0 Å². The summed E-state index contributed by atoms with van der Waals surface area (Å²) in [5.74, 6) is 0.497. The van der Waals surface area contributed by atoms with Crippen LogP contribution in [-0.4, -0.2) is 41.6 Å². The molecule has 0 amide bonds. The second kappa shape index (κ2) is 12.8. The van der Waals surface area contributed by atoms with E-state index in [0.717, 1.165) is 13.1 Å². The Morgan fingerprint density at radius 3 is 1.82 bits per heavy atom. The van der Waals surface area contributed by atoms with Gasteiger partial charge in [0.1, 0.15) is 0 Å². The highest BCUT2D eigenvalue weighted by atomic mass is 32.9. The van der Waals surface area contributed by atoms with Gasteiger partial charge in [-0.3, -0.25) is 4.90 Å². The molecule has 1 atom stereocenters. The maximum Gasteiger partial charge on any atom is 0.247 e. The largest absolute Gasteiger partial charge is 0.391 e. The van der Waals surface area contributed by atoms with Gasteiger partial charge in [0.05, 0.1) is 19.3 Å². The van der Waals surface area contributed by atoms with E-state index in [4.69, 9.17) is 20.9 Å². The Balaban J connectivity index is 1.98. The van der Waals surface area contributed by atoms with E-state index in [-0.39, 0.29) is 0 Å². The predicted molar refractivity (Wildman–Crippen MR) is 123 cm³/mol. The Morgan fingerprint density at radius 1 is 0.929 bits per heavy atom. The van der Waals surface area contributed by atoms with Gasteiger partial charge in [0.25, 0.3) is 0 Å². The molecule has 0 heterocycles. The van der Waals surface area contributed by atoms with E-state index in [9.17, 15) is 5.11 Å². The zero-order valence-corrected chi connectivity index (χ0v) is 19.1. The van der Waals surface area contributed by atoms with E-state index in [1.54, 1.807) is 0 Å². The maximum absolute atomic E-state index is 10.7. The van der Waals surface area contributed by atoms with Crippen molar-refractivity contribution in [3.8, 4) is 0 Å². The first-order valence-corrected chi connectivity index (χ1v) is 13.8. The van der Waals surface area contributed by atoms with E-state index >= 15 is 0 Å². The van der Waals surface area contributed by atoms with Crippen molar-refractivity contribution in [2.75, 3.05) is 25.5 Å². The summed E-state index contributed by atoms with van der Waals surface area (Å²) in [7, 11) is 0. The van der Waals surface area contributed by atoms with E-state index < -0.39 is 11.8 Å². The molecule has 154 valence electrons. The Bertz CT molecular complexity index is 667. The molecule has 2 aromatic rings. The predicted octanol–water partition coefficient (Wildman–Crippen LogP) is 5.08. The van der Waals surface area contributed by atoms with Gasteiger partial charge < -0.3 is 14.2 Å². The second-order valence-electron chi connectivity index (χ2n) is 6.37.